The lowest BCUT2D eigenvalue weighted by molar-refractivity contribution is -0.124. The summed E-state index contributed by atoms with van der Waals surface area (Å²) in [5, 5.41) is 3.47. The first-order valence-electron chi connectivity index (χ1n) is 6.38. The van der Waals surface area contributed by atoms with Gasteiger partial charge < -0.3 is 10.5 Å². The lowest BCUT2D eigenvalue weighted by Gasteiger charge is -2.30. The van der Waals surface area contributed by atoms with E-state index in [1.807, 2.05) is 0 Å². The number of ether oxygens (including phenoxy) is 1. The molecular formula is C12H22N2O2. The van der Waals surface area contributed by atoms with Crippen LogP contribution in [-0.4, -0.2) is 30.7 Å². The van der Waals surface area contributed by atoms with Crippen LogP contribution in [-0.2, 0) is 9.53 Å². The van der Waals surface area contributed by atoms with Crippen LogP contribution in [0.3, 0.4) is 0 Å². The predicted molar refractivity (Wildman–Crippen MR) is 62.0 cm³/mol. The van der Waals surface area contributed by atoms with Crippen molar-refractivity contribution in [2.75, 3.05) is 13.2 Å². The van der Waals surface area contributed by atoms with E-state index in [1.165, 1.54) is 25.7 Å². The van der Waals surface area contributed by atoms with Gasteiger partial charge in [0.25, 0.3) is 0 Å². The zero-order valence-electron chi connectivity index (χ0n) is 9.84. The molecule has 4 heteroatoms. The summed E-state index contributed by atoms with van der Waals surface area (Å²) < 4.78 is 5.33. The number of carbonyl (C=O) groups excluding carboxylic acids is 1. The van der Waals surface area contributed by atoms with E-state index in [9.17, 15) is 4.79 Å². The Balaban J connectivity index is 1.96. The molecule has 0 bridgehead atoms. The van der Waals surface area contributed by atoms with Crippen molar-refractivity contribution < 1.29 is 9.53 Å². The monoisotopic (exact) mass is 226 g/mol. The first-order valence-corrected chi connectivity index (χ1v) is 6.38. The summed E-state index contributed by atoms with van der Waals surface area (Å²) in [5.41, 5.74) is 4.92. The average Bonchev–Trinajstić information content (AvgIpc) is 2.58. The van der Waals surface area contributed by atoms with Crippen LogP contribution in [0, 0.1) is 0 Å². The van der Waals surface area contributed by atoms with Gasteiger partial charge in [-0.3, -0.25) is 10.1 Å². The second kappa shape index (κ2) is 5.15. The van der Waals surface area contributed by atoms with Gasteiger partial charge in [-0.2, -0.15) is 0 Å². The highest BCUT2D eigenvalue weighted by Crippen LogP contribution is 2.24. The summed E-state index contributed by atoms with van der Waals surface area (Å²) >= 11 is 0. The average molecular weight is 226 g/mol. The van der Waals surface area contributed by atoms with Gasteiger partial charge in [0.05, 0.1) is 6.61 Å². The van der Waals surface area contributed by atoms with Crippen LogP contribution in [0.5, 0.6) is 0 Å². The van der Waals surface area contributed by atoms with E-state index in [-0.39, 0.29) is 5.91 Å². The van der Waals surface area contributed by atoms with E-state index in [4.69, 9.17) is 10.5 Å². The number of hydrogen-bond acceptors (Lipinski definition) is 3. The highest BCUT2D eigenvalue weighted by Gasteiger charge is 2.41. The molecule has 1 heterocycles. The molecule has 2 aliphatic rings. The SMILES string of the molecule is NC(=O)C1(NC2CCCCCC2)CCOC1. The number of nitrogens with two attached hydrogens (primary N) is 1. The van der Waals surface area contributed by atoms with Gasteiger partial charge in [-0.05, 0) is 12.8 Å². The third-order valence-electron chi connectivity index (χ3n) is 3.83. The van der Waals surface area contributed by atoms with E-state index >= 15 is 0 Å². The van der Waals surface area contributed by atoms with Gasteiger partial charge in [-0.15, -0.1) is 0 Å². The van der Waals surface area contributed by atoms with Gasteiger partial charge in [0.15, 0.2) is 0 Å². The molecule has 1 saturated carbocycles. The molecule has 16 heavy (non-hydrogen) atoms. The van der Waals surface area contributed by atoms with Crippen LogP contribution in [0.1, 0.15) is 44.9 Å². The Morgan fingerprint density at radius 2 is 1.94 bits per heavy atom. The second-order valence-electron chi connectivity index (χ2n) is 5.08. The molecule has 1 aliphatic carbocycles. The normalized spacial score (nSPS) is 32.5. The molecule has 0 radical (unpaired) electrons. The van der Waals surface area contributed by atoms with E-state index < -0.39 is 5.54 Å². The quantitative estimate of drug-likeness (QED) is 0.704. The standard InChI is InChI=1S/C12H22N2O2/c13-11(15)12(7-8-16-9-12)14-10-5-3-1-2-4-6-10/h10,14H,1-9H2,(H2,13,15). The molecule has 1 amide bonds. The fourth-order valence-corrected chi connectivity index (χ4v) is 2.76. The molecular weight excluding hydrogens is 204 g/mol. The van der Waals surface area contributed by atoms with Crippen LogP contribution in [0.4, 0.5) is 0 Å². The fraction of sp³-hybridized carbons (Fsp3) is 0.917. The third-order valence-corrected chi connectivity index (χ3v) is 3.83. The van der Waals surface area contributed by atoms with Crippen LogP contribution in [0.15, 0.2) is 0 Å². The molecule has 1 atom stereocenters. The van der Waals surface area contributed by atoms with E-state index in [1.54, 1.807) is 0 Å². The predicted octanol–water partition coefficient (Wildman–Crippen LogP) is 0.943. The molecule has 92 valence electrons. The number of hydrogen-bond donors (Lipinski definition) is 2. The molecule has 0 spiro atoms. The van der Waals surface area contributed by atoms with E-state index in [2.05, 4.69) is 5.32 Å². The minimum atomic E-state index is -0.588. The molecule has 0 aromatic rings. The van der Waals surface area contributed by atoms with E-state index in [0.717, 1.165) is 19.3 Å². The van der Waals surface area contributed by atoms with Gasteiger partial charge in [-0.25, -0.2) is 0 Å². The van der Waals surface area contributed by atoms with Gasteiger partial charge in [0.2, 0.25) is 5.91 Å². The molecule has 2 fully saturated rings. The smallest absolute Gasteiger partial charge is 0.240 e. The lowest BCUT2D eigenvalue weighted by atomic mass is 9.94. The Morgan fingerprint density at radius 3 is 2.44 bits per heavy atom. The first-order chi connectivity index (χ1) is 7.73. The minimum absolute atomic E-state index is 0.255. The molecule has 4 nitrogen and oxygen atoms in total. The number of rotatable bonds is 3. The maximum Gasteiger partial charge on any atom is 0.240 e. The van der Waals surface area contributed by atoms with Crippen molar-refractivity contribution in [3.63, 3.8) is 0 Å². The molecule has 3 N–H and O–H groups in total. The van der Waals surface area contributed by atoms with Gasteiger partial charge in [-0.1, -0.05) is 25.7 Å². The van der Waals surface area contributed by atoms with Crippen molar-refractivity contribution in [3.05, 3.63) is 0 Å². The van der Waals surface area contributed by atoms with Gasteiger partial charge >= 0.3 is 0 Å². The zero-order valence-corrected chi connectivity index (χ0v) is 9.84. The summed E-state index contributed by atoms with van der Waals surface area (Å²) in [6.45, 7) is 1.08. The number of amides is 1. The molecule has 0 aromatic carbocycles. The number of carbonyl (C=O) groups is 1. The van der Waals surface area contributed by atoms with Crippen molar-refractivity contribution in [1.82, 2.24) is 5.32 Å². The van der Waals surface area contributed by atoms with Crippen molar-refractivity contribution >= 4 is 5.91 Å². The Morgan fingerprint density at radius 1 is 1.25 bits per heavy atom. The third kappa shape index (κ3) is 2.55. The fourth-order valence-electron chi connectivity index (χ4n) is 2.76. The number of primary amides is 1. The molecule has 2 rings (SSSR count). The van der Waals surface area contributed by atoms with Gasteiger partial charge in [0, 0.05) is 19.1 Å². The van der Waals surface area contributed by atoms with Crippen molar-refractivity contribution in [1.29, 1.82) is 0 Å². The minimum Gasteiger partial charge on any atom is -0.379 e. The van der Waals surface area contributed by atoms with E-state index in [0.29, 0.717) is 19.3 Å². The Labute approximate surface area is 96.9 Å². The van der Waals surface area contributed by atoms with Crippen LogP contribution >= 0.6 is 0 Å². The van der Waals surface area contributed by atoms with Crippen LogP contribution < -0.4 is 11.1 Å². The Hall–Kier alpha value is -0.610. The van der Waals surface area contributed by atoms with Crippen molar-refractivity contribution in [2.45, 2.75) is 56.5 Å². The molecule has 1 unspecified atom stereocenters. The number of nitrogens with one attached hydrogen (secondary N) is 1. The Bertz CT molecular complexity index is 241. The van der Waals surface area contributed by atoms with Gasteiger partial charge in [0.1, 0.15) is 5.54 Å². The largest absolute Gasteiger partial charge is 0.379 e. The van der Waals surface area contributed by atoms with Crippen molar-refractivity contribution in [2.24, 2.45) is 5.73 Å². The first kappa shape index (κ1) is 11.9. The summed E-state index contributed by atoms with van der Waals surface area (Å²) in [4.78, 5) is 11.6. The summed E-state index contributed by atoms with van der Waals surface area (Å²) in [6, 6.07) is 0.441. The maximum absolute atomic E-state index is 11.6. The topological polar surface area (TPSA) is 64.4 Å². The highest BCUT2D eigenvalue weighted by molar-refractivity contribution is 5.85. The zero-order chi connectivity index (χ0) is 11.4. The molecule has 1 saturated heterocycles. The molecule has 1 aliphatic heterocycles. The second-order valence-corrected chi connectivity index (χ2v) is 5.08. The lowest BCUT2D eigenvalue weighted by Crippen LogP contribution is -2.59. The summed E-state index contributed by atoms with van der Waals surface area (Å²) in [5.74, 6) is -0.255. The summed E-state index contributed by atoms with van der Waals surface area (Å²) in [6.07, 6.45) is 8.19. The maximum atomic E-state index is 11.6. The molecule has 0 aromatic heterocycles. The van der Waals surface area contributed by atoms with Crippen LogP contribution in [0.2, 0.25) is 0 Å². The summed E-state index contributed by atoms with van der Waals surface area (Å²) in [7, 11) is 0. The highest BCUT2D eigenvalue weighted by atomic mass is 16.5. The van der Waals surface area contributed by atoms with Crippen LogP contribution in [0.25, 0.3) is 0 Å². The van der Waals surface area contributed by atoms with Crippen molar-refractivity contribution in [3.8, 4) is 0 Å². The Kier molecular flexibility index (Phi) is 3.82.